The fourth-order valence-electron chi connectivity index (χ4n) is 4.72. The second kappa shape index (κ2) is 7.80. The number of fused-ring (bicyclic) bond motifs is 2. The number of ether oxygens (including phenoxy) is 2. The van der Waals surface area contributed by atoms with Gasteiger partial charge in [-0.15, -0.1) is 0 Å². The third-order valence-corrected chi connectivity index (χ3v) is 6.12. The lowest BCUT2D eigenvalue weighted by atomic mass is 9.83. The highest BCUT2D eigenvalue weighted by molar-refractivity contribution is 5.98. The normalized spacial score (nSPS) is 23.0. The summed E-state index contributed by atoms with van der Waals surface area (Å²) in [4.78, 5) is 18.5. The summed E-state index contributed by atoms with van der Waals surface area (Å²) in [6.45, 7) is 3.20. The van der Waals surface area contributed by atoms with E-state index in [0.29, 0.717) is 29.2 Å². The number of aromatic nitrogens is 1. The van der Waals surface area contributed by atoms with Gasteiger partial charge in [-0.25, -0.2) is 0 Å². The molecule has 1 aromatic carbocycles. The molecule has 146 valence electrons. The number of hydrogen-bond donors (Lipinski definition) is 2. The number of piperidine rings is 2. The van der Waals surface area contributed by atoms with Crippen LogP contribution in [0.4, 0.5) is 0 Å². The van der Waals surface area contributed by atoms with Crippen LogP contribution in [0.2, 0.25) is 0 Å². The molecule has 0 unspecified atom stereocenters. The molecular weight excluding hydrogens is 342 g/mol. The third-order valence-electron chi connectivity index (χ3n) is 6.12. The van der Waals surface area contributed by atoms with Gasteiger partial charge >= 0.3 is 0 Å². The maximum atomic E-state index is 12.7. The highest BCUT2D eigenvalue weighted by Crippen LogP contribution is 2.33. The van der Waals surface area contributed by atoms with E-state index in [1.54, 1.807) is 14.2 Å². The van der Waals surface area contributed by atoms with E-state index in [-0.39, 0.29) is 5.91 Å². The number of nitrogens with zero attached hydrogens (tertiary/aromatic N) is 1. The van der Waals surface area contributed by atoms with Gasteiger partial charge in [0.05, 0.1) is 14.2 Å². The Balaban J connectivity index is 1.45. The summed E-state index contributed by atoms with van der Waals surface area (Å²) < 4.78 is 10.7. The van der Waals surface area contributed by atoms with E-state index in [2.05, 4.69) is 15.2 Å². The monoisotopic (exact) mass is 371 g/mol. The van der Waals surface area contributed by atoms with Crippen molar-refractivity contribution in [2.45, 2.75) is 38.1 Å². The molecule has 2 saturated heterocycles. The summed E-state index contributed by atoms with van der Waals surface area (Å²) in [6.07, 6.45) is 6.35. The largest absolute Gasteiger partial charge is 0.493 e. The molecule has 27 heavy (non-hydrogen) atoms. The molecule has 2 aliphatic heterocycles. The first-order valence-corrected chi connectivity index (χ1v) is 9.96. The van der Waals surface area contributed by atoms with Gasteiger partial charge in [-0.3, -0.25) is 4.79 Å². The Hall–Kier alpha value is -2.21. The van der Waals surface area contributed by atoms with E-state index in [1.807, 2.05) is 18.2 Å². The van der Waals surface area contributed by atoms with E-state index in [9.17, 15) is 4.79 Å². The van der Waals surface area contributed by atoms with E-state index in [1.165, 1.54) is 45.2 Å². The minimum absolute atomic E-state index is 0.0444. The zero-order valence-corrected chi connectivity index (χ0v) is 16.2. The SMILES string of the molecule is COc1cc2cc(C(=O)NC[C@@H]3CCCN4CCCC[C@H]34)[nH]c2cc1OC. The molecule has 6 nitrogen and oxygen atoms in total. The molecule has 2 fully saturated rings. The van der Waals surface area contributed by atoms with Gasteiger partial charge in [0.25, 0.3) is 5.91 Å². The van der Waals surface area contributed by atoms with Gasteiger partial charge in [-0.05, 0) is 56.8 Å². The number of amides is 1. The van der Waals surface area contributed by atoms with Crippen molar-refractivity contribution in [1.82, 2.24) is 15.2 Å². The molecule has 4 rings (SSSR count). The zero-order chi connectivity index (χ0) is 18.8. The number of hydrogen-bond acceptors (Lipinski definition) is 4. The maximum Gasteiger partial charge on any atom is 0.267 e. The molecule has 2 aromatic rings. The standard InChI is InChI=1S/C21H29N3O3/c1-26-19-11-15-10-17(23-16(15)12-20(19)27-2)21(25)22-13-14-6-5-9-24-8-4-3-7-18(14)24/h10-12,14,18,23H,3-9,13H2,1-2H3,(H,22,25)/t14-,18+/m0/s1. The average Bonchev–Trinajstić information content (AvgIpc) is 3.13. The molecule has 1 aromatic heterocycles. The second-order valence-corrected chi connectivity index (χ2v) is 7.69. The Morgan fingerprint density at radius 1 is 1.11 bits per heavy atom. The third kappa shape index (κ3) is 3.63. The van der Waals surface area contributed by atoms with Crippen molar-refractivity contribution in [2.24, 2.45) is 5.92 Å². The summed E-state index contributed by atoms with van der Waals surface area (Å²) >= 11 is 0. The quantitative estimate of drug-likeness (QED) is 0.847. The molecule has 1 amide bonds. The van der Waals surface area contributed by atoms with Crippen molar-refractivity contribution in [1.29, 1.82) is 0 Å². The number of H-pyrrole nitrogens is 1. The molecule has 0 radical (unpaired) electrons. The fourth-order valence-corrected chi connectivity index (χ4v) is 4.72. The Labute approximate surface area is 160 Å². The summed E-state index contributed by atoms with van der Waals surface area (Å²) in [5.74, 6) is 1.83. The van der Waals surface area contributed by atoms with Crippen molar-refractivity contribution in [3.63, 3.8) is 0 Å². The lowest BCUT2D eigenvalue weighted by Crippen LogP contribution is -2.51. The molecule has 0 saturated carbocycles. The number of carbonyl (C=O) groups excluding carboxylic acids is 1. The second-order valence-electron chi connectivity index (χ2n) is 7.69. The number of nitrogens with one attached hydrogen (secondary N) is 2. The molecule has 3 heterocycles. The van der Waals surface area contributed by atoms with E-state index in [4.69, 9.17) is 9.47 Å². The minimum atomic E-state index is -0.0444. The number of carbonyl (C=O) groups is 1. The van der Waals surface area contributed by atoms with Gasteiger partial charge in [-0.1, -0.05) is 6.42 Å². The van der Waals surface area contributed by atoms with Crippen molar-refractivity contribution >= 4 is 16.8 Å². The Morgan fingerprint density at radius 3 is 2.70 bits per heavy atom. The van der Waals surface area contributed by atoms with Crippen LogP contribution in [-0.4, -0.2) is 55.7 Å². The Bertz CT molecular complexity index is 773. The van der Waals surface area contributed by atoms with Crippen molar-refractivity contribution < 1.29 is 14.3 Å². The van der Waals surface area contributed by atoms with Crippen LogP contribution in [-0.2, 0) is 0 Å². The number of methoxy groups -OCH3 is 2. The molecule has 0 spiro atoms. The molecule has 2 N–H and O–H groups in total. The molecule has 0 bridgehead atoms. The molecule has 2 atom stereocenters. The fraction of sp³-hybridized carbons (Fsp3) is 0.571. The van der Waals surface area contributed by atoms with Crippen LogP contribution >= 0.6 is 0 Å². The van der Waals surface area contributed by atoms with Crippen LogP contribution in [0, 0.1) is 5.92 Å². The highest BCUT2D eigenvalue weighted by atomic mass is 16.5. The molecular formula is C21H29N3O3. The van der Waals surface area contributed by atoms with Crippen LogP contribution in [0.15, 0.2) is 18.2 Å². The van der Waals surface area contributed by atoms with Gasteiger partial charge in [0, 0.05) is 29.6 Å². The lowest BCUT2D eigenvalue weighted by Gasteiger charge is -2.44. The molecule has 2 aliphatic rings. The first-order chi connectivity index (χ1) is 13.2. The average molecular weight is 371 g/mol. The van der Waals surface area contributed by atoms with E-state index >= 15 is 0 Å². The zero-order valence-electron chi connectivity index (χ0n) is 16.2. The predicted octanol–water partition coefficient (Wildman–Crippen LogP) is 3.18. The van der Waals surface area contributed by atoms with Crippen molar-refractivity contribution in [3.8, 4) is 11.5 Å². The van der Waals surface area contributed by atoms with Crippen LogP contribution in [0.3, 0.4) is 0 Å². The van der Waals surface area contributed by atoms with Gasteiger partial charge in [0.2, 0.25) is 0 Å². The van der Waals surface area contributed by atoms with Crippen LogP contribution in [0.5, 0.6) is 11.5 Å². The first-order valence-electron chi connectivity index (χ1n) is 9.96. The summed E-state index contributed by atoms with van der Waals surface area (Å²) in [5, 5.41) is 4.10. The summed E-state index contributed by atoms with van der Waals surface area (Å²) in [5.41, 5.74) is 1.45. The first kappa shape index (κ1) is 18.2. The van der Waals surface area contributed by atoms with Crippen LogP contribution in [0.25, 0.3) is 10.9 Å². The number of aromatic amines is 1. The molecule has 6 heteroatoms. The van der Waals surface area contributed by atoms with Gasteiger partial charge in [-0.2, -0.15) is 0 Å². The molecule has 0 aliphatic carbocycles. The van der Waals surface area contributed by atoms with Crippen molar-refractivity contribution in [3.05, 3.63) is 23.9 Å². The topological polar surface area (TPSA) is 66.6 Å². The predicted molar refractivity (Wildman–Crippen MR) is 106 cm³/mol. The Kier molecular flexibility index (Phi) is 5.25. The Morgan fingerprint density at radius 2 is 1.89 bits per heavy atom. The maximum absolute atomic E-state index is 12.7. The summed E-state index contributed by atoms with van der Waals surface area (Å²) in [7, 11) is 3.22. The van der Waals surface area contributed by atoms with E-state index < -0.39 is 0 Å². The van der Waals surface area contributed by atoms with E-state index in [0.717, 1.165) is 17.4 Å². The number of benzene rings is 1. The number of rotatable bonds is 5. The lowest BCUT2D eigenvalue weighted by molar-refractivity contribution is 0.0575. The summed E-state index contributed by atoms with van der Waals surface area (Å²) in [6, 6.07) is 6.28. The van der Waals surface area contributed by atoms with Crippen LogP contribution in [0.1, 0.15) is 42.6 Å². The van der Waals surface area contributed by atoms with Gasteiger partial charge in [0.1, 0.15) is 5.69 Å². The van der Waals surface area contributed by atoms with Crippen molar-refractivity contribution in [2.75, 3.05) is 33.9 Å². The minimum Gasteiger partial charge on any atom is -0.493 e. The smallest absolute Gasteiger partial charge is 0.267 e. The highest BCUT2D eigenvalue weighted by Gasteiger charge is 2.33. The van der Waals surface area contributed by atoms with Crippen LogP contribution < -0.4 is 14.8 Å². The van der Waals surface area contributed by atoms with Gasteiger partial charge < -0.3 is 24.7 Å². The van der Waals surface area contributed by atoms with Gasteiger partial charge in [0.15, 0.2) is 11.5 Å².